The second kappa shape index (κ2) is 9.63. The molecule has 1 heterocycles. The van der Waals surface area contributed by atoms with Crippen molar-refractivity contribution in [1.82, 2.24) is 14.9 Å². The molecule has 156 valence electrons. The van der Waals surface area contributed by atoms with Crippen LogP contribution in [0.1, 0.15) is 18.1 Å². The summed E-state index contributed by atoms with van der Waals surface area (Å²) in [6.07, 6.45) is 1.81. The van der Waals surface area contributed by atoms with Crippen LogP contribution in [-0.4, -0.2) is 33.2 Å². The van der Waals surface area contributed by atoms with Crippen LogP contribution in [0.15, 0.2) is 59.9 Å². The molecule has 0 radical (unpaired) electrons. The van der Waals surface area contributed by atoms with E-state index in [4.69, 9.17) is 0 Å². The van der Waals surface area contributed by atoms with Gasteiger partial charge in [-0.05, 0) is 37.5 Å². The van der Waals surface area contributed by atoms with E-state index in [-0.39, 0.29) is 23.6 Å². The molecule has 1 aromatic heterocycles. The molecule has 0 aliphatic carbocycles. The molecule has 1 atom stereocenters. The van der Waals surface area contributed by atoms with Crippen LogP contribution >= 0.6 is 11.8 Å². The molecular weight excluding hydrogens is 396 g/mol. The average Bonchev–Trinajstić information content (AvgIpc) is 3.09. The highest BCUT2D eigenvalue weighted by Crippen LogP contribution is 2.27. The van der Waals surface area contributed by atoms with Crippen LogP contribution in [0, 0.1) is 13.8 Å². The first kappa shape index (κ1) is 21.6. The van der Waals surface area contributed by atoms with Gasteiger partial charge in [-0.25, -0.2) is 4.98 Å². The molecule has 1 unspecified atom stereocenters. The zero-order chi connectivity index (χ0) is 21.7. The third-order valence-corrected chi connectivity index (χ3v) is 5.99. The lowest BCUT2D eigenvalue weighted by Crippen LogP contribution is -2.37. The Morgan fingerprint density at radius 1 is 1.07 bits per heavy atom. The first-order valence-corrected chi connectivity index (χ1v) is 10.6. The average molecular weight is 423 g/mol. The fraction of sp³-hybridized carbons (Fsp3) is 0.261. The van der Waals surface area contributed by atoms with Gasteiger partial charge in [0, 0.05) is 12.7 Å². The molecule has 30 heavy (non-hydrogen) atoms. The summed E-state index contributed by atoms with van der Waals surface area (Å²) in [5.74, 6) is -0.456. The van der Waals surface area contributed by atoms with E-state index in [0.717, 1.165) is 33.2 Å². The number of para-hydroxylation sites is 1. The number of thioether (sulfide) groups is 1. The Labute approximate surface area is 181 Å². The van der Waals surface area contributed by atoms with Crippen LogP contribution in [0.25, 0.3) is 11.3 Å². The summed E-state index contributed by atoms with van der Waals surface area (Å²) in [4.78, 5) is 29.2. The van der Waals surface area contributed by atoms with E-state index >= 15 is 0 Å². The van der Waals surface area contributed by atoms with E-state index in [1.54, 1.807) is 13.1 Å². The number of amides is 2. The van der Waals surface area contributed by atoms with Crippen LogP contribution in [0.5, 0.6) is 0 Å². The van der Waals surface area contributed by atoms with Crippen molar-refractivity contribution in [2.45, 2.75) is 31.2 Å². The highest BCUT2D eigenvalue weighted by Gasteiger charge is 2.19. The lowest BCUT2D eigenvalue weighted by molar-refractivity contribution is -0.123. The number of carbonyl (C=O) groups is 2. The molecule has 0 spiro atoms. The minimum absolute atomic E-state index is 0.0761. The smallest absolute Gasteiger partial charge is 0.243 e. The van der Waals surface area contributed by atoms with Crippen molar-refractivity contribution in [2.24, 2.45) is 7.05 Å². The second-order valence-corrected chi connectivity index (χ2v) is 8.45. The van der Waals surface area contributed by atoms with Crippen LogP contribution < -0.4 is 10.6 Å². The fourth-order valence-electron chi connectivity index (χ4n) is 3.10. The molecule has 6 nitrogen and oxygen atoms in total. The number of aryl methyl sites for hydroxylation is 2. The zero-order valence-electron chi connectivity index (χ0n) is 17.6. The summed E-state index contributed by atoms with van der Waals surface area (Å²) < 4.78 is 1.97. The number of anilines is 1. The minimum Gasteiger partial charge on any atom is -0.346 e. The highest BCUT2D eigenvalue weighted by molar-refractivity contribution is 8.00. The summed E-state index contributed by atoms with van der Waals surface area (Å²) >= 11 is 1.36. The van der Waals surface area contributed by atoms with Crippen molar-refractivity contribution >= 4 is 29.3 Å². The normalized spacial score (nSPS) is 11.7. The van der Waals surface area contributed by atoms with Gasteiger partial charge in [0.05, 0.1) is 23.7 Å². The van der Waals surface area contributed by atoms with Crippen molar-refractivity contribution in [1.29, 1.82) is 0 Å². The number of benzene rings is 2. The number of aromatic nitrogens is 2. The Morgan fingerprint density at radius 3 is 2.40 bits per heavy atom. The van der Waals surface area contributed by atoms with E-state index in [1.807, 2.05) is 74.0 Å². The predicted molar refractivity (Wildman–Crippen MR) is 122 cm³/mol. The number of rotatable bonds is 7. The fourth-order valence-corrected chi connectivity index (χ4v) is 3.97. The predicted octanol–water partition coefficient (Wildman–Crippen LogP) is 3.94. The molecule has 0 saturated heterocycles. The van der Waals surface area contributed by atoms with E-state index < -0.39 is 0 Å². The molecule has 0 fully saturated rings. The van der Waals surface area contributed by atoms with Crippen molar-refractivity contribution in [3.05, 3.63) is 65.9 Å². The molecule has 2 aromatic carbocycles. The maximum Gasteiger partial charge on any atom is 0.243 e. The first-order chi connectivity index (χ1) is 14.4. The first-order valence-electron chi connectivity index (χ1n) is 9.74. The number of nitrogens with one attached hydrogen (secondary N) is 2. The minimum atomic E-state index is -0.386. The summed E-state index contributed by atoms with van der Waals surface area (Å²) in [6.45, 7) is 5.61. The topological polar surface area (TPSA) is 76.0 Å². The number of imidazole rings is 1. The Morgan fingerprint density at radius 2 is 1.73 bits per heavy atom. The maximum atomic E-state index is 12.5. The summed E-state index contributed by atoms with van der Waals surface area (Å²) in [5.41, 5.74) is 4.82. The monoisotopic (exact) mass is 422 g/mol. The van der Waals surface area contributed by atoms with Crippen LogP contribution in [0.4, 0.5) is 5.69 Å². The second-order valence-electron chi connectivity index (χ2n) is 7.14. The molecule has 0 saturated carbocycles. The highest BCUT2D eigenvalue weighted by atomic mass is 32.2. The Bertz CT molecular complexity index is 1030. The number of hydrogen-bond donors (Lipinski definition) is 2. The van der Waals surface area contributed by atoms with Gasteiger partial charge in [-0.2, -0.15) is 0 Å². The SMILES string of the molecule is Cc1cccc(C)c1NC(=O)CNC(=O)C(C)Sc1ncc(-c2ccccc2)n1C. The van der Waals surface area contributed by atoms with Crippen molar-refractivity contribution < 1.29 is 9.59 Å². The van der Waals surface area contributed by atoms with Gasteiger partial charge in [0.1, 0.15) is 0 Å². The standard InChI is InChI=1S/C23H26N4O2S/c1-15-9-8-10-16(2)21(15)26-20(28)14-24-22(29)17(3)30-23-25-13-19(27(23)4)18-11-6-5-7-12-18/h5-13,17H,14H2,1-4H3,(H,24,29)(H,26,28). The van der Waals surface area contributed by atoms with E-state index in [1.165, 1.54) is 11.8 Å². The van der Waals surface area contributed by atoms with Crippen LogP contribution in [0.3, 0.4) is 0 Å². The molecule has 3 rings (SSSR count). The largest absolute Gasteiger partial charge is 0.346 e. The molecule has 2 N–H and O–H groups in total. The lowest BCUT2D eigenvalue weighted by Gasteiger charge is -2.14. The molecule has 0 bridgehead atoms. The molecule has 2 amide bonds. The molecule has 7 heteroatoms. The Kier molecular flexibility index (Phi) is 6.95. The molecular formula is C23H26N4O2S. The summed E-state index contributed by atoms with van der Waals surface area (Å²) in [6, 6.07) is 15.8. The summed E-state index contributed by atoms with van der Waals surface area (Å²) in [7, 11) is 1.93. The third-order valence-electron chi connectivity index (χ3n) is 4.84. The third kappa shape index (κ3) is 5.10. The molecule has 0 aliphatic rings. The van der Waals surface area contributed by atoms with Gasteiger partial charge in [0.25, 0.3) is 0 Å². The number of nitrogens with zero attached hydrogens (tertiary/aromatic N) is 2. The van der Waals surface area contributed by atoms with Gasteiger partial charge in [-0.15, -0.1) is 0 Å². The summed E-state index contributed by atoms with van der Waals surface area (Å²) in [5, 5.41) is 5.95. The Hall–Kier alpha value is -3.06. The van der Waals surface area contributed by atoms with Crippen molar-refractivity contribution in [3.63, 3.8) is 0 Å². The number of hydrogen-bond acceptors (Lipinski definition) is 4. The maximum absolute atomic E-state index is 12.5. The Balaban J connectivity index is 1.55. The van der Waals surface area contributed by atoms with Gasteiger partial charge in [0.15, 0.2) is 5.16 Å². The number of carbonyl (C=O) groups excluding carboxylic acids is 2. The van der Waals surface area contributed by atoms with Crippen molar-refractivity contribution in [2.75, 3.05) is 11.9 Å². The van der Waals surface area contributed by atoms with E-state index in [0.29, 0.717) is 0 Å². The molecule has 0 aliphatic heterocycles. The van der Waals surface area contributed by atoms with E-state index in [2.05, 4.69) is 15.6 Å². The van der Waals surface area contributed by atoms with Gasteiger partial charge < -0.3 is 15.2 Å². The van der Waals surface area contributed by atoms with Crippen LogP contribution in [0.2, 0.25) is 0 Å². The zero-order valence-corrected chi connectivity index (χ0v) is 18.4. The van der Waals surface area contributed by atoms with Crippen LogP contribution in [-0.2, 0) is 16.6 Å². The van der Waals surface area contributed by atoms with Crippen molar-refractivity contribution in [3.8, 4) is 11.3 Å². The van der Waals surface area contributed by atoms with Gasteiger partial charge in [0.2, 0.25) is 11.8 Å². The van der Waals surface area contributed by atoms with Gasteiger partial charge in [-0.3, -0.25) is 9.59 Å². The van der Waals surface area contributed by atoms with E-state index in [9.17, 15) is 9.59 Å². The molecule has 3 aromatic rings. The quantitative estimate of drug-likeness (QED) is 0.566. The lowest BCUT2D eigenvalue weighted by atomic mass is 10.1. The van der Waals surface area contributed by atoms with Gasteiger partial charge in [-0.1, -0.05) is 60.3 Å². The van der Waals surface area contributed by atoms with Gasteiger partial charge >= 0.3 is 0 Å².